The summed E-state index contributed by atoms with van der Waals surface area (Å²) >= 11 is 0. The van der Waals surface area contributed by atoms with Crippen LogP contribution in [0.15, 0.2) is 18.2 Å². The van der Waals surface area contributed by atoms with Gasteiger partial charge in [0.2, 0.25) is 0 Å². The number of ether oxygens (including phenoxy) is 2. The van der Waals surface area contributed by atoms with Gasteiger partial charge in [0.05, 0.1) is 14.2 Å². The minimum atomic E-state index is 0.373. The third-order valence-electron chi connectivity index (χ3n) is 3.66. The molecule has 4 heteroatoms. The van der Waals surface area contributed by atoms with Crippen molar-refractivity contribution in [1.82, 2.24) is 0 Å². The van der Waals surface area contributed by atoms with Gasteiger partial charge in [-0.05, 0) is 55.5 Å². The summed E-state index contributed by atoms with van der Waals surface area (Å²) in [5, 5.41) is 0. The maximum atomic E-state index is 5.74. The summed E-state index contributed by atoms with van der Waals surface area (Å²) in [6.45, 7) is 3.46. The van der Waals surface area contributed by atoms with Crippen molar-refractivity contribution >= 4 is 0 Å². The molecular weight excluding hydrogens is 240 g/mol. The van der Waals surface area contributed by atoms with Gasteiger partial charge >= 0.3 is 0 Å². The van der Waals surface area contributed by atoms with E-state index in [1.165, 1.54) is 5.56 Å². The van der Waals surface area contributed by atoms with Crippen LogP contribution in [0.1, 0.15) is 31.2 Å². The van der Waals surface area contributed by atoms with Crippen LogP contribution in [0.2, 0.25) is 0 Å². The Morgan fingerprint density at radius 2 is 1.68 bits per heavy atom. The lowest BCUT2D eigenvalue weighted by Gasteiger charge is -2.21. The summed E-state index contributed by atoms with van der Waals surface area (Å²) in [6.07, 6.45) is 2.07. The third kappa shape index (κ3) is 4.11. The summed E-state index contributed by atoms with van der Waals surface area (Å²) < 4.78 is 10.6. The highest BCUT2D eigenvalue weighted by Gasteiger charge is 2.16. The zero-order chi connectivity index (χ0) is 14.3. The molecule has 0 aliphatic carbocycles. The van der Waals surface area contributed by atoms with E-state index < -0.39 is 0 Å². The van der Waals surface area contributed by atoms with Crippen molar-refractivity contribution in [3.63, 3.8) is 0 Å². The van der Waals surface area contributed by atoms with Crippen molar-refractivity contribution in [2.75, 3.05) is 27.3 Å². The maximum Gasteiger partial charge on any atom is 0.160 e. The fourth-order valence-electron chi connectivity index (χ4n) is 2.34. The van der Waals surface area contributed by atoms with Gasteiger partial charge in [0.15, 0.2) is 11.5 Å². The maximum absolute atomic E-state index is 5.74. The lowest BCUT2D eigenvalue weighted by Crippen LogP contribution is -2.25. The van der Waals surface area contributed by atoms with Crippen molar-refractivity contribution in [2.24, 2.45) is 17.4 Å². The van der Waals surface area contributed by atoms with E-state index >= 15 is 0 Å². The van der Waals surface area contributed by atoms with E-state index in [0.29, 0.717) is 24.9 Å². The number of methoxy groups -OCH3 is 2. The first kappa shape index (κ1) is 15.8. The second-order valence-corrected chi connectivity index (χ2v) is 4.79. The van der Waals surface area contributed by atoms with Gasteiger partial charge in [-0.1, -0.05) is 13.0 Å². The molecule has 0 aliphatic heterocycles. The zero-order valence-electron chi connectivity index (χ0n) is 12.2. The van der Waals surface area contributed by atoms with Gasteiger partial charge in [0, 0.05) is 0 Å². The third-order valence-corrected chi connectivity index (χ3v) is 3.66. The van der Waals surface area contributed by atoms with Gasteiger partial charge in [0.1, 0.15) is 0 Å². The van der Waals surface area contributed by atoms with E-state index in [9.17, 15) is 0 Å². The first-order valence-electron chi connectivity index (χ1n) is 6.82. The van der Waals surface area contributed by atoms with Crippen LogP contribution in [0.3, 0.4) is 0 Å². The molecule has 1 unspecified atom stereocenters. The molecule has 0 saturated carbocycles. The predicted molar refractivity (Wildman–Crippen MR) is 78.8 cm³/mol. The summed E-state index contributed by atoms with van der Waals surface area (Å²) in [7, 11) is 3.30. The summed E-state index contributed by atoms with van der Waals surface area (Å²) in [4.78, 5) is 0. The molecule has 19 heavy (non-hydrogen) atoms. The lowest BCUT2D eigenvalue weighted by atomic mass is 9.87. The summed E-state index contributed by atoms with van der Waals surface area (Å²) in [6, 6.07) is 6.10. The van der Waals surface area contributed by atoms with Crippen molar-refractivity contribution in [1.29, 1.82) is 0 Å². The van der Waals surface area contributed by atoms with Gasteiger partial charge in [-0.2, -0.15) is 0 Å². The topological polar surface area (TPSA) is 70.5 Å². The molecule has 0 bridgehead atoms. The molecule has 1 aromatic rings. The van der Waals surface area contributed by atoms with E-state index in [1.54, 1.807) is 14.2 Å². The zero-order valence-corrected chi connectivity index (χ0v) is 12.2. The van der Waals surface area contributed by atoms with Gasteiger partial charge < -0.3 is 20.9 Å². The quantitative estimate of drug-likeness (QED) is 0.756. The van der Waals surface area contributed by atoms with E-state index in [0.717, 1.165) is 24.3 Å². The number of hydrogen-bond acceptors (Lipinski definition) is 4. The number of benzene rings is 1. The standard InChI is InChI=1S/C15H26N2O2/c1-4-12(7-11(9-16)10-17)13-5-6-14(18-2)15(8-13)19-3/h5-6,8,11-12H,4,7,9-10,16-17H2,1-3H3. The van der Waals surface area contributed by atoms with E-state index in [1.807, 2.05) is 6.07 Å². The fourth-order valence-corrected chi connectivity index (χ4v) is 2.34. The Balaban J connectivity index is 2.92. The number of rotatable bonds is 8. The SMILES string of the molecule is CCC(CC(CN)CN)c1ccc(OC)c(OC)c1. The molecule has 1 rings (SSSR count). The van der Waals surface area contributed by atoms with Gasteiger partial charge in [-0.3, -0.25) is 0 Å². The van der Waals surface area contributed by atoms with Gasteiger partial charge in [-0.15, -0.1) is 0 Å². The highest BCUT2D eigenvalue weighted by Crippen LogP contribution is 2.34. The molecule has 0 aromatic heterocycles. The minimum absolute atomic E-state index is 0.373. The largest absolute Gasteiger partial charge is 0.493 e. The van der Waals surface area contributed by atoms with Crippen molar-refractivity contribution in [2.45, 2.75) is 25.7 Å². The second-order valence-electron chi connectivity index (χ2n) is 4.79. The molecule has 1 atom stereocenters. The van der Waals surface area contributed by atoms with Crippen LogP contribution in [0, 0.1) is 5.92 Å². The van der Waals surface area contributed by atoms with Gasteiger partial charge in [0.25, 0.3) is 0 Å². The summed E-state index contributed by atoms with van der Waals surface area (Å²) in [5.74, 6) is 2.36. The van der Waals surface area contributed by atoms with Crippen LogP contribution in [-0.4, -0.2) is 27.3 Å². The monoisotopic (exact) mass is 266 g/mol. The molecule has 4 N–H and O–H groups in total. The van der Waals surface area contributed by atoms with E-state index in [4.69, 9.17) is 20.9 Å². The molecule has 0 aliphatic rings. The van der Waals surface area contributed by atoms with Crippen LogP contribution in [0.4, 0.5) is 0 Å². The van der Waals surface area contributed by atoms with Crippen LogP contribution in [-0.2, 0) is 0 Å². The Morgan fingerprint density at radius 3 is 2.16 bits per heavy atom. The number of nitrogens with two attached hydrogens (primary N) is 2. The van der Waals surface area contributed by atoms with Crippen LogP contribution >= 0.6 is 0 Å². The van der Waals surface area contributed by atoms with E-state index in [2.05, 4.69) is 19.1 Å². The fraction of sp³-hybridized carbons (Fsp3) is 0.600. The molecule has 0 fully saturated rings. The second kappa shape index (κ2) is 8.02. The highest BCUT2D eigenvalue weighted by molar-refractivity contribution is 5.43. The van der Waals surface area contributed by atoms with Gasteiger partial charge in [-0.25, -0.2) is 0 Å². The smallest absolute Gasteiger partial charge is 0.160 e. The molecule has 0 heterocycles. The summed E-state index contributed by atoms with van der Waals surface area (Å²) in [5.41, 5.74) is 12.7. The minimum Gasteiger partial charge on any atom is -0.493 e. The molecule has 108 valence electrons. The highest BCUT2D eigenvalue weighted by atomic mass is 16.5. The Kier molecular flexibility index (Phi) is 6.67. The predicted octanol–water partition coefficient (Wildman–Crippen LogP) is 2.12. The van der Waals surface area contributed by atoms with Crippen LogP contribution in [0.5, 0.6) is 11.5 Å². The van der Waals surface area contributed by atoms with E-state index in [-0.39, 0.29) is 0 Å². The Bertz CT molecular complexity index is 378. The first-order chi connectivity index (χ1) is 9.19. The lowest BCUT2D eigenvalue weighted by molar-refractivity contribution is 0.353. The molecule has 4 nitrogen and oxygen atoms in total. The molecule has 0 radical (unpaired) electrons. The first-order valence-corrected chi connectivity index (χ1v) is 6.82. The Hall–Kier alpha value is -1.26. The molecule has 0 spiro atoms. The van der Waals surface area contributed by atoms with Crippen molar-refractivity contribution in [3.8, 4) is 11.5 Å². The normalized spacial score (nSPS) is 12.5. The van der Waals surface area contributed by atoms with Crippen LogP contribution < -0.4 is 20.9 Å². The Morgan fingerprint density at radius 1 is 1.05 bits per heavy atom. The molecule has 0 amide bonds. The van der Waals surface area contributed by atoms with Crippen LogP contribution in [0.25, 0.3) is 0 Å². The number of hydrogen-bond donors (Lipinski definition) is 2. The average molecular weight is 266 g/mol. The Labute approximate surface area is 116 Å². The average Bonchev–Trinajstić information content (AvgIpc) is 2.48. The van der Waals surface area contributed by atoms with Crippen molar-refractivity contribution in [3.05, 3.63) is 23.8 Å². The van der Waals surface area contributed by atoms with Crippen molar-refractivity contribution < 1.29 is 9.47 Å². The molecule has 1 aromatic carbocycles. The molecule has 0 saturated heterocycles. The molecular formula is C15H26N2O2.